The van der Waals surface area contributed by atoms with Crippen LogP contribution < -0.4 is 22.5 Å². The molecule has 4 N–H and O–H groups in total. The number of esters is 5. The number of hydrogen-bond donors (Lipinski definition) is 4. The number of ether oxygens (including phenoxy) is 16. The molecular formula is C81H117F3N4O31P4. The Morgan fingerprint density at radius 3 is 1.30 bits per heavy atom. The first kappa shape index (κ1) is 103. The molecule has 0 aliphatic carbocycles. The number of H-pyrrole nitrogens is 3. The van der Waals surface area contributed by atoms with E-state index in [1.165, 1.54) is 90.5 Å². The Bertz CT molecular complexity index is 4810. The van der Waals surface area contributed by atoms with E-state index in [0.29, 0.717) is 5.56 Å². The fraction of sp³-hybridized carbons (Fsp3) is 0.654. The Labute approximate surface area is 710 Å². The molecule has 26 atom stereocenters. The highest BCUT2D eigenvalue weighted by atomic mass is 31.2. The van der Waals surface area contributed by atoms with Crippen molar-refractivity contribution >= 4 is 64.7 Å². The van der Waals surface area contributed by atoms with E-state index >= 15 is 8.78 Å². The zero-order chi connectivity index (χ0) is 92.6. The normalized spacial score (nSPS) is 30.8. The first-order valence-corrected chi connectivity index (χ1v) is 50.3. The smallest absolute Gasteiger partial charge is 0.338 e. The molecule has 8 fully saturated rings. The lowest BCUT2D eigenvalue weighted by Crippen LogP contribution is -2.43. The predicted octanol–water partition coefficient (Wildman–Crippen LogP) is 9.92. The van der Waals surface area contributed by atoms with E-state index in [1.54, 1.807) is 90.2 Å². The van der Waals surface area contributed by atoms with Gasteiger partial charge in [-0.3, -0.25) is 38.5 Å². The van der Waals surface area contributed by atoms with Gasteiger partial charge in [-0.15, -0.1) is 0 Å². The Balaban J connectivity index is 0.000000213. The van der Waals surface area contributed by atoms with Crippen molar-refractivity contribution in [2.24, 2.45) is 29.6 Å². The van der Waals surface area contributed by atoms with Crippen molar-refractivity contribution in [3.63, 3.8) is 0 Å². The quantitative estimate of drug-likeness (QED) is 0.0276. The number of aryl methyl sites for hydroxylation is 2. The van der Waals surface area contributed by atoms with Gasteiger partial charge in [0.15, 0.2) is 84.6 Å². The lowest BCUT2D eigenvalue weighted by molar-refractivity contribution is -0.221. The zero-order valence-corrected chi connectivity index (χ0v) is 76.8. The third-order valence-corrected chi connectivity index (χ3v) is 26.0. The van der Waals surface area contributed by atoms with Crippen molar-refractivity contribution in [3.8, 4) is 0 Å². The van der Waals surface area contributed by atoms with E-state index in [1.807, 2.05) is 47.6 Å². The molecule has 10 heterocycles. The second-order valence-corrected chi connectivity index (χ2v) is 47.5. The summed E-state index contributed by atoms with van der Waals surface area (Å²) in [4.78, 5) is 122. The summed E-state index contributed by atoms with van der Waals surface area (Å²) >= 11 is 0. The minimum absolute atomic E-state index is 0.0345. The number of nitrogens with zero attached hydrogens (tertiary/aromatic N) is 1. The van der Waals surface area contributed by atoms with E-state index in [-0.39, 0.29) is 83.1 Å². The molecule has 8 aliphatic rings. The fourth-order valence-electron chi connectivity index (χ4n) is 14.2. The van der Waals surface area contributed by atoms with Gasteiger partial charge in [0.1, 0.15) is 77.6 Å². The monoisotopic (exact) mass is 1820 g/mol. The Kier molecular flexibility index (Phi) is 34.9. The molecule has 0 spiro atoms. The summed E-state index contributed by atoms with van der Waals surface area (Å²) in [7, 11) is -12.0. The number of halogens is 3. The van der Waals surface area contributed by atoms with Crippen LogP contribution in [0.5, 0.6) is 0 Å². The minimum Gasteiger partial charge on any atom is -0.457 e. The number of rotatable bonds is 20. The highest BCUT2D eigenvalue weighted by Crippen LogP contribution is 2.53. The second-order valence-electron chi connectivity index (χ2n) is 34.2. The summed E-state index contributed by atoms with van der Waals surface area (Å²) in [6.45, 7) is 37.6. The van der Waals surface area contributed by atoms with Crippen LogP contribution in [0.4, 0.5) is 13.2 Å². The van der Waals surface area contributed by atoms with Gasteiger partial charge in [0.2, 0.25) is 6.29 Å². The summed E-state index contributed by atoms with van der Waals surface area (Å²) in [6, 6.07) is 15.8. The van der Waals surface area contributed by atoms with Crippen molar-refractivity contribution in [2.45, 2.75) is 257 Å². The summed E-state index contributed by atoms with van der Waals surface area (Å²) in [5.74, 6) is -11.3. The molecular weight excluding hydrogens is 1710 g/mol. The second kappa shape index (κ2) is 41.7. The number of carbonyl (C=O) groups excluding carboxylic acids is 6. The molecule has 0 bridgehead atoms. The van der Waals surface area contributed by atoms with Gasteiger partial charge >= 0.3 is 41.2 Å². The maximum Gasteiger partial charge on any atom is 0.338 e. The maximum atomic E-state index is 15.5. The molecule has 7 unspecified atom stereocenters. The SMILES string of the molecule is CC(=O)OC1O[C@H](C(OC(=O)c2ccccc2)C(F)P(C)(C)=O)[C@@H](C)[C@H]1OC(C)=O.CC(=O)O[C@@H]1[C@H](C)[C@@H](C(OC(=O)c2ccccc2)C(F)P(C)(C)=O)O[C@H]1n1cc(C)c(=O)[nH]c1=O.C[C@H]1[C@H]2OC(C)(C)O[C@H]2O[C@@H]1/C=C/P(C)(C)=O.C[C@H]1[C@H]2OC(C)(C)O[C@H]2O[C@@H]1C(O)C(F)P(C)(C)=O.C[C@H]1[C@H]2OC(C)(C)O[C@H]2O[C@@H]1C=O.Cc1c[nH]c(=O)[nH]c1=O. The van der Waals surface area contributed by atoms with Crippen LogP contribution in [0.2, 0.25) is 0 Å². The first-order chi connectivity index (χ1) is 56.7. The summed E-state index contributed by atoms with van der Waals surface area (Å²) < 4.78 is 183. The number of aliphatic hydroxyl groups is 1. The zero-order valence-electron chi connectivity index (χ0n) is 73.2. The molecule has 8 aliphatic heterocycles. The highest BCUT2D eigenvalue weighted by molar-refractivity contribution is 7.65. The fourth-order valence-corrected chi connectivity index (χ4v) is 17.6. The predicted molar refractivity (Wildman–Crippen MR) is 441 cm³/mol. The minimum atomic E-state index is -3.45. The molecule has 4 aromatic rings. The van der Waals surface area contributed by atoms with E-state index in [0.717, 1.165) is 24.7 Å². The van der Waals surface area contributed by atoms with E-state index in [2.05, 4.69) is 21.9 Å². The molecule has 42 heteroatoms. The lowest BCUT2D eigenvalue weighted by atomic mass is 9.96. The summed E-state index contributed by atoms with van der Waals surface area (Å²) in [6.07, 6.45) is -9.47. The highest BCUT2D eigenvalue weighted by Gasteiger charge is 2.60. The lowest BCUT2D eigenvalue weighted by Gasteiger charge is -2.30. The number of carbonyl (C=O) groups is 6. The summed E-state index contributed by atoms with van der Waals surface area (Å²) in [5.41, 5.74) is -1.21. The maximum absolute atomic E-state index is 15.5. The van der Waals surface area contributed by atoms with Crippen LogP contribution in [0, 0.1) is 43.4 Å². The Hall–Kier alpha value is -7.21. The van der Waals surface area contributed by atoms with Crippen LogP contribution in [0.3, 0.4) is 0 Å². The Morgan fingerprint density at radius 2 is 0.902 bits per heavy atom. The van der Waals surface area contributed by atoms with Gasteiger partial charge in [-0.25, -0.2) is 32.3 Å². The average molecular weight is 1820 g/mol. The molecule has 2 aromatic heterocycles. The number of aldehydes is 1. The Morgan fingerprint density at radius 1 is 0.504 bits per heavy atom. The average Bonchev–Trinajstić information content (AvgIpc) is 1.71. The van der Waals surface area contributed by atoms with Crippen molar-refractivity contribution in [1.29, 1.82) is 0 Å². The number of alkyl halides is 3. The van der Waals surface area contributed by atoms with Crippen LogP contribution in [-0.2, 0) is 113 Å². The number of fused-ring (bicyclic) bond motifs is 3. The van der Waals surface area contributed by atoms with Gasteiger partial charge in [-0.05, 0) is 139 Å². The molecule has 0 saturated carbocycles. The first-order valence-electron chi connectivity index (χ1n) is 39.6. The van der Waals surface area contributed by atoms with E-state index < -0.39 is 190 Å². The molecule has 688 valence electrons. The topological polar surface area (TPSA) is 459 Å². The molecule has 123 heavy (non-hydrogen) atoms. The third-order valence-electron chi connectivity index (χ3n) is 20.6. The standard InChI is InChI=1S/C23H28FN2O8P.C20H26FO8P.C12H22FO5P.C12H21O4P.C9H14O4.C5H6N2O2/c1-12-11-26(23(30)25-20(12)28)21-17(32-14(3)27)13(2)16(33-21)18(19(24)35(4,5)31)34-22(29)15-9-7-6-8-10-15;1-11-15(29-20(27-13(3)23)16(11)26-12(2)22)17(18(21)30(4,5)25)28-19(24)14-9-7-6-8-10-14;1-6-8(7(14)10(13)19(4,5)15)16-11-9(6)17-12(2,3)18-11;1-8-9(6-7-17(4,5)13)14-11-10(8)15-12(2,3)16-11;1-5-6(4-10)11-8-7(5)12-9(2,3)13-8;1-3-2-6-5(9)7-4(3)8/h6-11,13,16-19,21H,1-5H3,(H,25,28,30);6-11,15-18,20H,1-5H3;6-11,14H,1-5H3;6-11H,1-5H3;4-8H,1-3H3;2H,1H3,(H2,6,7,8,9)/b;;;7-6+;;/t13-,16+,17-,18?,19?,21-;11-,15+,16-,17?,18?,20?;6-,7?,8+,9-,10?,11-;8-,9-,10-,11-;5-,6-,7-,8-;/m11111./s1. The van der Waals surface area contributed by atoms with Crippen LogP contribution >= 0.6 is 28.6 Å². The van der Waals surface area contributed by atoms with Crippen LogP contribution in [-0.4, -0.2) is 254 Å². The molecule has 35 nitrogen and oxygen atoms in total. The number of aromatic nitrogens is 4. The van der Waals surface area contributed by atoms with Crippen LogP contribution in [0.25, 0.3) is 0 Å². The number of nitrogens with one attached hydrogen (secondary N) is 3. The van der Waals surface area contributed by atoms with Crippen molar-refractivity contribution in [3.05, 3.63) is 149 Å². The summed E-state index contributed by atoms with van der Waals surface area (Å²) in [5, 5.41) is 10.0. The number of benzene rings is 2. The number of aromatic amines is 3. The molecule has 2 aromatic carbocycles. The van der Waals surface area contributed by atoms with Crippen molar-refractivity contribution < 1.29 is 141 Å². The van der Waals surface area contributed by atoms with Crippen molar-refractivity contribution in [1.82, 2.24) is 19.5 Å². The molecule has 12 rings (SSSR count). The molecule has 8 saturated heterocycles. The number of hydrogen-bond acceptors (Lipinski definition) is 31. The van der Waals surface area contributed by atoms with E-state index in [4.69, 9.17) is 75.8 Å². The largest absolute Gasteiger partial charge is 0.457 e. The van der Waals surface area contributed by atoms with Crippen LogP contribution in [0.1, 0.15) is 135 Å². The van der Waals surface area contributed by atoms with Crippen molar-refractivity contribution in [2.75, 3.05) is 53.3 Å². The van der Waals surface area contributed by atoms with Gasteiger partial charge in [-0.1, -0.05) is 77.1 Å². The van der Waals surface area contributed by atoms with Crippen LogP contribution in [0.15, 0.2) is 104 Å². The molecule has 0 amide bonds. The molecule has 0 radical (unpaired) electrons. The number of aliphatic hydroxyl groups excluding tert-OH is 1. The van der Waals surface area contributed by atoms with Gasteiger partial charge < -0.3 is 109 Å². The van der Waals surface area contributed by atoms with Gasteiger partial charge in [0.05, 0.1) is 23.3 Å². The van der Waals surface area contributed by atoms with Gasteiger partial charge in [-0.2, -0.15) is 0 Å². The third kappa shape index (κ3) is 27.7. The van der Waals surface area contributed by atoms with E-state index in [9.17, 15) is 75.7 Å². The van der Waals surface area contributed by atoms with Gasteiger partial charge in [0.25, 0.3) is 11.1 Å². The van der Waals surface area contributed by atoms with Gasteiger partial charge in [0, 0.05) is 73.9 Å².